The molecule has 0 amide bonds. The molecule has 1 aliphatic heterocycles. The van der Waals surface area contributed by atoms with E-state index < -0.39 is 11.7 Å². The molecule has 0 bridgehead atoms. The van der Waals surface area contributed by atoms with Crippen LogP contribution in [-0.2, 0) is 6.18 Å². The van der Waals surface area contributed by atoms with E-state index in [1.165, 1.54) is 12.1 Å². The van der Waals surface area contributed by atoms with Crippen molar-refractivity contribution in [2.24, 2.45) is 21.5 Å². The molecule has 5 nitrogen and oxygen atoms in total. The third-order valence-corrected chi connectivity index (χ3v) is 4.10. The van der Waals surface area contributed by atoms with E-state index in [-0.39, 0.29) is 42.1 Å². The SMILES string of the molecule is CC1CCCC(C)N1C(N)=NC(N)=Nc1cccc(C(F)(F)F)c1.Cl. The molecule has 1 aromatic rings. The highest BCUT2D eigenvalue weighted by atomic mass is 35.5. The number of aliphatic imine (C=N–C) groups is 2. The van der Waals surface area contributed by atoms with Crippen molar-refractivity contribution in [1.29, 1.82) is 0 Å². The van der Waals surface area contributed by atoms with Crippen molar-refractivity contribution in [2.45, 2.75) is 51.4 Å². The summed E-state index contributed by atoms with van der Waals surface area (Å²) in [5.41, 5.74) is 11.1. The summed E-state index contributed by atoms with van der Waals surface area (Å²) in [5.74, 6) is 0.0692. The number of hydrogen-bond acceptors (Lipinski definition) is 1. The molecule has 1 fully saturated rings. The second-order valence-corrected chi connectivity index (χ2v) is 6.02. The summed E-state index contributed by atoms with van der Waals surface area (Å²) in [4.78, 5) is 9.94. The summed E-state index contributed by atoms with van der Waals surface area (Å²) in [6.07, 6.45) is -1.29. The van der Waals surface area contributed by atoms with Crippen molar-refractivity contribution in [3.05, 3.63) is 29.8 Å². The van der Waals surface area contributed by atoms with Crippen LogP contribution in [0.1, 0.15) is 38.7 Å². The highest BCUT2D eigenvalue weighted by Crippen LogP contribution is 2.31. The molecular weight excluding hydrogens is 355 g/mol. The predicted octanol–water partition coefficient (Wildman–Crippen LogP) is 3.65. The van der Waals surface area contributed by atoms with Crippen LogP contribution < -0.4 is 11.5 Å². The summed E-state index contributed by atoms with van der Waals surface area (Å²) >= 11 is 0. The van der Waals surface area contributed by atoms with E-state index >= 15 is 0 Å². The quantitative estimate of drug-likeness (QED) is 0.579. The van der Waals surface area contributed by atoms with Crippen molar-refractivity contribution in [1.82, 2.24) is 4.90 Å². The zero-order chi connectivity index (χ0) is 17.9. The molecule has 1 saturated heterocycles. The molecule has 0 radical (unpaired) electrons. The second kappa shape index (κ2) is 8.42. The van der Waals surface area contributed by atoms with Crippen LogP contribution in [0.15, 0.2) is 34.3 Å². The number of guanidine groups is 2. The van der Waals surface area contributed by atoms with Crippen molar-refractivity contribution >= 4 is 30.0 Å². The van der Waals surface area contributed by atoms with E-state index in [2.05, 4.69) is 23.8 Å². The molecule has 140 valence electrons. The summed E-state index contributed by atoms with van der Waals surface area (Å²) in [7, 11) is 0. The standard InChI is InChI=1S/C16H22F3N5.ClH/c1-10-5-3-6-11(2)24(10)15(21)23-14(20)22-13-8-4-7-12(9-13)16(17,18)19;/h4,7-11H,3,5-6H2,1-2H3,(H4,20,21,22,23);1H. The number of hydrogen-bond donors (Lipinski definition) is 2. The highest BCUT2D eigenvalue weighted by molar-refractivity contribution is 5.94. The van der Waals surface area contributed by atoms with Gasteiger partial charge in [-0.1, -0.05) is 6.07 Å². The monoisotopic (exact) mass is 377 g/mol. The fraction of sp³-hybridized carbons (Fsp3) is 0.500. The Kier molecular flexibility index (Phi) is 7.10. The number of likely N-dealkylation sites (tertiary alicyclic amines) is 1. The first-order valence-corrected chi connectivity index (χ1v) is 7.82. The average molecular weight is 378 g/mol. The van der Waals surface area contributed by atoms with E-state index in [0.29, 0.717) is 0 Å². The van der Waals surface area contributed by atoms with Crippen LogP contribution in [-0.4, -0.2) is 28.9 Å². The van der Waals surface area contributed by atoms with Gasteiger partial charge in [-0.15, -0.1) is 12.4 Å². The number of benzene rings is 1. The molecule has 2 atom stereocenters. The molecule has 1 heterocycles. The van der Waals surface area contributed by atoms with Gasteiger partial charge < -0.3 is 16.4 Å². The Morgan fingerprint density at radius 1 is 1.16 bits per heavy atom. The third-order valence-electron chi connectivity index (χ3n) is 4.10. The van der Waals surface area contributed by atoms with Gasteiger partial charge in [0.05, 0.1) is 11.3 Å². The maximum atomic E-state index is 12.7. The molecule has 9 heteroatoms. The molecule has 2 unspecified atom stereocenters. The number of rotatable bonds is 1. The lowest BCUT2D eigenvalue weighted by Gasteiger charge is -2.39. The molecule has 0 saturated carbocycles. The van der Waals surface area contributed by atoms with Crippen LogP contribution in [0.5, 0.6) is 0 Å². The summed E-state index contributed by atoms with van der Waals surface area (Å²) in [6, 6.07) is 5.07. The van der Waals surface area contributed by atoms with Gasteiger partial charge in [0.1, 0.15) is 0 Å². The molecule has 2 rings (SSSR count). The first-order valence-electron chi connectivity index (χ1n) is 7.82. The van der Waals surface area contributed by atoms with Gasteiger partial charge in [0, 0.05) is 12.1 Å². The van der Waals surface area contributed by atoms with Crippen LogP contribution in [0, 0.1) is 0 Å². The van der Waals surface area contributed by atoms with Crippen LogP contribution in [0.4, 0.5) is 18.9 Å². The topological polar surface area (TPSA) is 80.0 Å². The van der Waals surface area contributed by atoms with Gasteiger partial charge in [-0.3, -0.25) is 0 Å². The minimum absolute atomic E-state index is 0. The number of piperidine rings is 1. The van der Waals surface area contributed by atoms with Gasteiger partial charge >= 0.3 is 6.18 Å². The molecule has 4 N–H and O–H groups in total. The second-order valence-electron chi connectivity index (χ2n) is 6.02. The Bertz CT molecular complexity index is 635. The van der Waals surface area contributed by atoms with Gasteiger partial charge in [0.25, 0.3) is 0 Å². The van der Waals surface area contributed by atoms with Crippen molar-refractivity contribution in [3.8, 4) is 0 Å². The minimum Gasteiger partial charge on any atom is -0.369 e. The first kappa shape index (κ1) is 21.1. The molecule has 0 spiro atoms. The molecule has 0 aliphatic carbocycles. The number of alkyl halides is 3. The minimum atomic E-state index is -4.43. The number of nitrogens with zero attached hydrogens (tertiary/aromatic N) is 3. The molecule has 25 heavy (non-hydrogen) atoms. The Hall–Kier alpha value is -1.96. The highest BCUT2D eigenvalue weighted by Gasteiger charge is 2.30. The Morgan fingerprint density at radius 3 is 2.32 bits per heavy atom. The average Bonchev–Trinajstić information content (AvgIpc) is 2.46. The summed E-state index contributed by atoms with van der Waals surface area (Å²) in [6.45, 7) is 4.11. The maximum absolute atomic E-state index is 12.7. The Labute approximate surface area is 151 Å². The fourth-order valence-corrected chi connectivity index (χ4v) is 2.96. The van der Waals surface area contributed by atoms with Crippen molar-refractivity contribution in [3.63, 3.8) is 0 Å². The Morgan fingerprint density at radius 2 is 1.76 bits per heavy atom. The van der Waals surface area contributed by atoms with E-state index in [0.717, 1.165) is 31.4 Å². The lowest BCUT2D eigenvalue weighted by molar-refractivity contribution is -0.137. The third kappa shape index (κ3) is 5.52. The van der Waals surface area contributed by atoms with Crippen LogP contribution in [0.25, 0.3) is 0 Å². The Balaban J connectivity index is 0.00000312. The van der Waals surface area contributed by atoms with Crippen molar-refractivity contribution in [2.75, 3.05) is 0 Å². The van der Waals surface area contributed by atoms with Gasteiger partial charge in [0.2, 0.25) is 5.96 Å². The maximum Gasteiger partial charge on any atom is 0.416 e. The summed E-state index contributed by atoms with van der Waals surface area (Å²) < 4.78 is 38.1. The molecule has 1 aliphatic rings. The molecule has 1 aromatic carbocycles. The smallest absolute Gasteiger partial charge is 0.369 e. The zero-order valence-corrected chi connectivity index (χ0v) is 14.9. The number of nitrogens with two attached hydrogens (primary N) is 2. The first-order chi connectivity index (χ1) is 11.2. The van der Waals surface area contributed by atoms with Gasteiger partial charge in [-0.05, 0) is 51.3 Å². The summed E-state index contributed by atoms with van der Waals surface area (Å²) in [5, 5.41) is 0. The largest absolute Gasteiger partial charge is 0.416 e. The van der Waals surface area contributed by atoms with Crippen LogP contribution in [0.2, 0.25) is 0 Å². The van der Waals surface area contributed by atoms with Gasteiger partial charge in [-0.25, -0.2) is 4.99 Å². The van der Waals surface area contributed by atoms with E-state index in [1.54, 1.807) is 0 Å². The zero-order valence-electron chi connectivity index (χ0n) is 14.1. The number of halogens is 4. The lowest BCUT2D eigenvalue weighted by Crippen LogP contribution is -2.51. The fourth-order valence-electron chi connectivity index (χ4n) is 2.96. The van der Waals surface area contributed by atoms with Crippen molar-refractivity contribution < 1.29 is 13.2 Å². The van der Waals surface area contributed by atoms with Gasteiger partial charge in [0.15, 0.2) is 5.96 Å². The van der Waals surface area contributed by atoms with E-state index in [4.69, 9.17) is 11.5 Å². The van der Waals surface area contributed by atoms with E-state index in [9.17, 15) is 13.2 Å². The van der Waals surface area contributed by atoms with Crippen LogP contribution >= 0.6 is 12.4 Å². The van der Waals surface area contributed by atoms with Gasteiger partial charge in [-0.2, -0.15) is 18.2 Å². The van der Waals surface area contributed by atoms with E-state index in [1.807, 2.05) is 4.90 Å². The molecular formula is C16H23ClF3N5. The predicted molar refractivity (Wildman–Crippen MR) is 96.2 cm³/mol. The normalized spacial score (nSPS) is 22.5. The molecule has 0 aromatic heterocycles. The lowest BCUT2D eigenvalue weighted by atomic mass is 9.98. The van der Waals surface area contributed by atoms with Crippen LogP contribution in [0.3, 0.4) is 0 Å².